The topological polar surface area (TPSA) is 17.8 Å². The number of aromatic nitrogens is 2. The number of aryl methyl sites for hydroxylation is 1. The summed E-state index contributed by atoms with van der Waals surface area (Å²) in [5, 5.41) is 3.75. The van der Waals surface area contributed by atoms with Gasteiger partial charge in [0.1, 0.15) is 11.9 Å². The Morgan fingerprint density at radius 1 is 1.58 bits per heavy atom. The highest BCUT2D eigenvalue weighted by Crippen LogP contribution is 2.23. The Kier molecular flexibility index (Phi) is 2.45. The van der Waals surface area contributed by atoms with Gasteiger partial charge in [-0.15, -0.1) is 0 Å². The van der Waals surface area contributed by atoms with Gasteiger partial charge in [-0.2, -0.15) is 9.49 Å². The summed E-state index contributed by atoms with van der Waals surface area (Å²) in [4.78, 5) is 0. The van der Waals surface area contributed by atoms with Gasteiger partial charge < -0.3 is 0 Å². The van der Waals surface area contributed by atoms with Gasteiger partial charge in [-0.3, -0.25) is 0 Å². The van der Waals surface area contributed by atoms with E-state index in [4.69, 9.17) is 0 Å². The number of hydrogen-bond acceptors (Lipinski definition) is 1. The van der Waals surface area contributed by atoms with Gasteiger partial charge >= 0.3 is 0 Å². The molecule has 0 aromatic carbocycles. The molecule has 0 aliphatic rings. The molecule has 68 valence electrons. The van der Waals surface area contributed by atoms with E-state index < -0.39 is 12.1 Å². The average molecular weight is 174 g/mol. The fourth-order valence-corrected chi connectivity index (χ4v) is 1.12. The van der Waals surface area contributed by atoms with Crippen LogP contribution in [0.5, 0.6) is 0 Å². The summed E-state index contributed by atoms with van der Waals surface area (Å²) in [6, 6.07) is 0. The molecule has 1 aromatic rings. The second-order valence-electron chi connectivity index (χ2n) is 2.80. The second-order valence-corrected chi connectivity index (χ2v) is 2.80. The molecule has 0 N–H and O–H groups in total. The van der Waals surface area contributed by atoms with Crippen LogP contribution in [0.15, 0.2) is 0 Å². The molecule has 0 saturated carbocycles. The predicted molar refractivity (Wildman–Crippen MR) is 42.0 cm³/mol. The summed E-state index contributed by atoms with van der Waals surface area (Å²) < 4.78 is 27.1. The lowest BCUT2D eigenvalue weighted by molar-refractivity contribution is 0.323. The van der Waals surface area contributed by atoms with E-state index >= 15 is 0 Å². The predicted octanol–water partition coefficient (Wildman–Crippen LogP) is 2.29. The lowest BCUT2D eigenvalue weighted by atomic mass is 10.1. The lowest BCUT2D eigenvalue weighted by Crippen LogP contribution is -1.95. The highest BCUT2D eigenvalue weighted by atomic mass is 19.1. The molecule has 0 aliphatic heterocycles. The largest absolute Gasteiger partial charge is 0.242 e. The first kappa shape index (κ1) is 9.16. The van der Waals surface area contributed by atoms with Crippen molar-refractivity contribution in [2.75, 3.05) is 0 Å². The summed E-state index contributed by atoms with van der Waals surface area (Å²) in [5.41, 5.74) is 0.532. The molecule has 0 aliphatic carbocycles. The quantitative estimate of drug-likeness (QED) is 0.672. The van der Waals surface area contributed by atoms with Crippen molar-refractivity contribution in [2.24, 2.45) is 7.05 Å². The molecular weight excluding hydrogens is 162 g/mol. The monoisotopic (exact) mass is 174 g/mol. The zero-order valence-electron chi connectivity index (χ0n) is 7.43. The smallest absolute Gasteiger partial charge is 0.214 e. The van der Waals surface area contributed by atoms with E-state index in [-0.39, 0.29) is 5.69 Å². The maximum atomic E-state index is 13.1. The van der Waals surface area contributed by atoms with E-state index in [1.807, 2.05) is 0 Å². The minimum Gasteiger partial charge on any atom is -0.242 e. The molecule has 4 heteroatoms. The summed E-state index contributed by atoms with van der Waals surface area (Å²) in [7, 11) is 1.47. The van der Waals surface area contributed by atoms with Crippen LogP contribution >= 0.6 is 0 Å². The number of halogens is 2. The Bertz CT molecular complexity index is 281. The van der Waals surface area contributed by atoms with E-state index in [9.17, 15) is 8.78 Å². The molecule has 1 unspecified atom stereocenters. The Morgan fingerprint density at radius 2 is 2.17 bits per heavy atom. The van der Waals surface area contributed by atoms with Crippen LogP contribution in [0.2, 0.25) is 0 Å². The van der Waals surface area contributed by atoms with E-state index in [0.717, 1.165) is 4.68 Å². The number of alkyl halides is 1. The molecule has 1 rings (SSSR count). The molecule has 2 nitrogen and oxygen atoms in total. The first-order valence-electron chi connectivity index (χ1n) is 3.91. The van der Waals surface area contributed by atoms with Crippen molar-refractivity contribution < 1.29 is 8.78 Å². The maximum absolute atomic E-state index is 13.1. The van der Waals surface area contributed by atoms with Crippen molar-refractivity contribution in [3.8, 4) is 0 Å². The first-order valence-corrected chi connectivity index (χ1v) is 3.91. The Hall–Kier alpha value is -0.930. The van der Waals surface area contributed by atoms with Crippen LogP contribution < -0.4 is 0 Å². The summed E-state index contributed by atoms with van der Waals surface area (Å²) >= 11 is 0. The molecule has 0 fully saturated rings. The second kappa shape index (κ2) is 3.21. The zero-order chi connectivity index (χ0) is 9.30. The summed E-state index contributed by atoms with van der Waals surface area (Å²) in [6.45, 7) is 3.25. The van der Waals surface area contributed by atoms with Crippen molar-refractivity contribution in [1.29, 1.82) is 0 Å². The average Bonchev–Trinajstić information content (AvgIpc) is 2.32. The number of rotatable bonds is 2. The van der Waals surface area contributed by atoms with E-state index in [1.165, 1.54) is 7.05 Å². The zero-order valence-corrected chi connectivity index (χ0v) is 7.43. The van der Waals surface area contributed by atoms with Gasteiger partial charge in [0.2, 0.25) is 5.95 Å². The van der Waals surface area contributed by atoms with Crippen LogP contribution in [0.1, 0.15) is 30.8 Å². The van der Waals surface area contributed by atoms with E-state index in [1.54, 1.807) is 13.8 Å². The fourth-order valence-electron chi connectivity index (χ4n) is 1.12. The van der Waals surface area contributed by atoms with Gasteiger partial charge in [-0.25, -0.2) is 9.07 Å². The maximum Gasteiger partial charge on any atom is 0.214 e. The van der Waals surface area contributed by atoms with Gasteiger partial charge in [0, 0.05) is 12.6 Å². The molecule has 0 radical (unpaired) electrons. The van der Waals surface area contributed by atoms with E-state index in [2.05, 4.69) is 5.10 Å². The third-order valence-corrected chi connectivity index (χ3v) is 1.89. The Morgan fingerprint density at radius 3 is 2.50 bits per heavy atom. The SMILES string of the molecule is CCC(F)c1nn(C)c(F)c1C. The molecule has 0 saturated heterocycles. The normalized spacial score (nSPS) is 13.4. The van der Waals surface area contributed by atoms with Crippen molar-refractivity contribution in [3.05, 3.63) is 17.2 Å². The molecular formula is C8H12F2N2. The highest BCUT2D eigenvalue weighted by Gasteiger charge is 2.18. The molecule has 1 heterocycles. The minimum absolute atomic E-state index is 0.220. The summed E-state index contributed by atoms with van der Waals surface area (Å²) in [5.74, 6) is -0.457. The van der Waals surface area contributed by atoms with Crippen molar-refractivity contribution in [3.63, 3.8) is 0 Å². The van der Waals surface area contributed by atoms with Crippen LogP contribution in [-0.4, -0.2) is 9.78 Å². The lowest BCUT2D eigenvalue weighted by Gasteiger charge is -2.00. The van der Waals surface area contributed by atoms with Gasteiger partial charge in [-0.1, -0.05) is 6.92 Å². The highest BCUT2D eigenvalue weighted by molar-refractivity contribution is 5.18. The van der Waals surface area contributed by atoms with Gasteiger partial charge in [0.15, 0.2) is 0 Å². The molecule has 0 bridgehead atoms. The fraction of sp³-hybridized carbons (Fsp3) is 0.625. The van der Waals surface area contributed by atoms with Crippen LogP contribution in [0.3, 0.4) is 0 Å². The molecule has 1 aromatic heterocycles. The molecule has 12 heavy (non-hydrogen) atoms. The van der Waals surface area contributed by atoms with Gasteiger partial charge in [0.25, 0.3) is 0 Å². The van der Waals surface area contributed by atoms with Gasteiger partial charge in [0.05, 0.1) is 0 Å². The van der Waals surface area contributed by atoms with Crippen molar-refractivity contribution in [2.45, 2.75) is 26.4 Å². The van der Waals surface area contributed by atoms with Gasteiger partial charge in [-0.05, 0) is 13.3 Å². The van der Waals surface area contributed by atoms with Crippen LogP contribution in [0.4, 0.5) is 8.78 Å². The number of nitrogens with zero attached hydrogens (tertiary/aromatic N) is 2. The third kappa shape index (κ3) is 1.33. The Labute approximate surface area is 70.2 Å². The Balaban J connectivity index is 3.08. The van der Waals surface area contributed by atoms with Crippen LogP contribution in [0.25, 0.3) is 0 Å². The first-order chi connectivity index (χ1) is 5.57. The third-order valence-electron chi connectivity index (χ3n) is 1.89. The van der Waals surface area contributed by atoms with Crippen LogP contribution in [0, 0.1) is 12.9 Å². The standard InChI is InChI=1S/C8H12F2N2/c1-4-6(9)7-5(2)8(10)12(3)11-7/h6H,4H2,1-3H3. The summed E-state index contributed by atoms with van der Waals surface area (Å²) in [6.07, 6.45) is -0.821. The minimum atomic E-state index is -1.15. The van der Waals surface area contributed by atoms with E-state index in [0.29, 0.717) is 12.0 Å². The van der Waals surface area contributed by atoms with Crippen molar-refractivity contribution >= 4 is 0 Å². The number of hydrogen-bond donors (Lipinski definition) is 0. The molecule has 0 amide bonds. The molecule has 0 spiro atoms. The van der Waals surface area contributed by atoms with Crippen molar-refractivity contribution in [1.82, 2.24) is 9.78 Å². The van der Waals surface area contributed by atoms with Crippen LogP contribution in [-0.2, 0) is 7.05 Å². The molecule has 1 atom stereocenters.